The predicted molar refractivity (Wildman–Crippen MR) is 78.0 cm³/mol. The summed E-state index contributed by atoms with van der Waals surface area (Å²) in [7, 11) is 0. The molecule has 1 fully saturated rings. The van der Waals surface area contributed by atoms with Crippen molar-refractivity contribution >= 4 is 17.5 Å². The normalized spacial score (nSPS) is 23.1. The minimum atomic E-state index is -0.109. The lowest BCUT2D eigenvalue weighted by molar-refractivity contribution is -0.129. The summed E-state index contributed by atoms with van der Waals surface area (Å²) < 4.78 is 0. The molecule has 0 spiro atoms. The van der Waals surface area contributed by atoms with Crippen LogP contribution in [0.3, 0.4) is 0 Å². The fraction of sp³-hybridized carbons (Fsp3) is 0.533. The van der Waals surface area contributed by atoms with Crippen LogP contribution in [0, 0.1) is 0 Å². The van der Waals surface area contributed by atoms with Gasteiger partial charge in [-0.2, -0.15) is 0 Å². The maximum atomic E-state index is 12.2. The summed E-state index contributed by atoms with van der Waals surface area (Å²) in [6.07, 6.45) is 3.36. The van der Waals surface area contributed by atoms with Crippen molar-refractivity contribution in [2.24, 2.45) is 0 Å². The van der Waals surface area contributed by atoms with E-state index in [-0.39, 0.29) is 18.1 Å². The van der Waals surface area contributed by atoms with Gasteiger partial charge in [0, 0.05) is 11.6 Å². The van der Waals surface area contributed by atoms with Crippen LogP contribution < -0.4 is 5.32 Å². The second kappa shape index (κ2) is 6.40. The minimum Gasteiger partial charge on any atom is -0.322 e. The first-order chi connectivity index (χ1) is 9.13. The average Bonchev–Trinajstić information content (AvgIpc) is 2.68. The van der Waals surface area contributed by atoms with Gasteiger partial charge in [0.25, 0.3) is 0 Å². The zero-order valence-electron chi connectivity index (χ0n) is 11.5. The molecule has 0 saturated carbocycles. The second-order valence-electron chi connectivity index (χ2n) is 5.08. The van der Waals surface area contributed by atoms with Crippen LogP contribution in [0.5, 0.6) is 0 Å². The van der Waals surface area contributed by atoms with E-state index in [1.807, 2.05) is 36.1 Å². The van der Waals surface area contributed by atoms with Crippen molar-refractivity contribution < 1.29 is 4.79 Å². The third-order valence-corrected chi connectivity index (χ3v) is 3.81. The van der Waals surface area contributed by atoms with Crippen LogP contribution in [0.2, 0.25) is 5.02 Å². The molecule has 0 bridgehead atoms. The molecule has 1 heterocycles. The van der Waals surface area contributed by atoms with Gasteiger partial charge in [0.1, 0.15) is 6.17 Å². The number of hydrogen-bond donors (Lipinski definition) is 1. The van der Waals surface area contributed by atoms with Crippen molar-refractivity contribution in [2.45, 2.75) is 45.3 Å². The maximum Gasteiger partial charge on any atom is 0.241 e. The fourth-order valence-corrected chi connectivity index (χ4v) is 2.59. The average molecular weight is 281 g/mol. The Hall–Kier alpha value is -1.06. The highest BCUT2D eigenvalue weighted by atomic mass is 35.5. The minimum absolute atomic E-state index is 0.0170. The molecule has 1 aliphatic rings. The molecule has 3 nitrogen and oxygen atoms in total. The van der Waals surface area contributed by atoms with Crippen LogP contribution in [0.15, 0.2) is 24.3 Å². The molecule has 1 aliphatic heterocycles. The number of rotatable bonds is 5. The zero-order valence-corrected chi connectivity index (χ0v) is 12.3. The van der Waals surface area contributed by atoms with Crippen molar-refractivity contribution in [1.29, 1.82) is 0 Å². The maximum absolute atomic E-state index is 12.2. The molecule has 2 atom stereocenters. The zero-order chi connectivity index (χ0) is 13.8. The Morgan fingerprint density at radius 1 is 1.26 bits per heavy atom. The highest BCUT2D eigenvalue weighted by Gasteiger charge is 2.36. The molecular weight excluding hydrogens is 260 g/mol. The lowest BCUT2D eigenvalue weighted by Gasteiger charge is -2.24. The molecule has 0 aliphatic carbocycles. The second-order valence-corrected chi connectivity index (χ2v) is 5.52. The largest absolute Gasteiger partial charge is 0.322 e. The van der Waals surface area contributed by atoms with E-state index in [0.29, 0.717) is 0 Å². The van der Waals surface area contributed by atoms with Crippen LogP contribution in [0.1, 0.15) is 44.8 Å². The molecule has 0 aromatic heterocycles. The van der Waals surface area contributed by atoms with Crippen LogP contribution in [-0.2, 0) is 4.79 Å². The van der Waals surface area contributed by atoms with Crippen molar-refractivity contribution in [3.63, 3.8) is 0 Å². The first kappa shape index (κ1) is 14.4. The number of amides is 1. The van der Waals surface area contributed by atoms with Crippen LogP contribution in [0.4, 0.5) is 0 Å². The van der Waals surface area contributed by atoms with Gasteiger partial charge in [-0.1, -0.05) is 43.5 Å². The predicted octanol–water partition coefficient (Wildman–Crippen LogP) is 3.35. The van der Waals surface area contributed by atoms with Gasteiger partial charge in [-0.15, -0.1) is 0 Å². The summed E-state index contributed by atoms with van der Waals surface area (Å²) in [5, 5.41) is 4.07. The van der Waals surface area contributed by atoms with Crippen molar-refractivity contribution in [3.8, 4) is 0 Å². The van der Waals surface area contributed by atoms with Crippen molar-refractivity contribution in [3.05, 3.63) is 34.9 Å². The van der Waals surface area contributed by atoms with Gasteiger partial charge in [0.2, 0.25) is 5.91 Å². The Kier molecular flexibility index (Phi) is 4.83. The number of halogens is 1. The first-order valence-electron chi connectivity index (χ1n) is 6.95. The molecule has 1 aromatic rings. The van der Waals surface area contributed by atoms with E-state index in [2.05, 4.69) is 12.2 Å². The number of benzene rings is 1. The summed E-state index contributed by atoms with van der Waals surface area (Å²) in [5.41, 5.74) is 1.10. The number of unbranched alkanes of at least 4 members (excludes halogenated alkanes) is 2. The highest BCUT2D eigenvalue weighted by Crippen LogP contribution is 2.26. The summed E-state index contributed by atoms with van der Waals surface area (Å²) in [5.74, 6) is 0.191. The highest BCUT2D eigenvalue weighted by molar-refractivity contribution is 6.30. The third kappa shape index (κ3) is 3.28. The summed E-state index contributed by atoms with van der Waals surface area (Å²) in [6.45, 7) is 4.91. The van der Waals surface area contributed by atoms with Gasteiger partial charge in [-0.05, 0) is 31.0 Å². The van der Waals surface area contributed by atoms with E-state index in [4.69, 9.17) is 11.6 Å². The molecule has 0 radical (unpaired) electrons. The van der Waals surface area contributed by atoms with E-state index in [1.54, 1.807) is 0 Å². The van der Waals surface area contributed by atoms with Gasteiger partial charge in [-0.3, -0.25) is 10.1 Å². The Morgan fingerprint density at radius 2 is 1.95 bits per heavy atom. The van der Waals surface area contributed by atoms with Crippen LogP contribution in [-0.4, -0.2) is 23.4 Å². The van der Waals surface area contributed by atoms with Crippen LogP contribution in [0.25, 0.3) is 0 Å². The molecule has 1 N–H and O–H groups in total. The van der Waals surface area contributed by atoms with Gasteiger partial charge in [0.15, 0.2) is 0 Å². The SMILES string of the molecule is CCCCCN1C(=O)C(C)NC1c1ccc(Cl)cc1. The van der Waals surface area contributed by atoms with Crippen LogP contribution >= 0.6 is 11.6 Å². The third-order valence-electron chi connectivity index (χ3n) is 3.56. The number of carbonyl (C=O) groups is 1. The van der Waals surface area contributed by atoms with E-state index in [1.165, 1.54) is 0 Å². The standard InChI is InChI=1S/C15H21ClN2O/c1-3-4-5-10-18-14(17-11(2)15(18)19)12-6-8-13(16)9-7-12/h6-9,11,14,17H,3-5,10H2,1-2H3. The molecule has 1 amide bonds. The summed E-state index contributed by atoms with van der Waals surface area (Å²) in [6, 6.07) is 7.60. The lowest BCUT2D eigenvalue weighted by Crippen LogP contribution is -2.31. The fourth-order valence-electron chi connectivity index (χ4n) is 2.47. The van der Waals surface area contributed by atoms with E-state index < -0.39 is 0 Å². The molecule has 104 valence electrons. The first-order valence-corrected chi connectivity index (χ1v) is 7.33. The molecular formula is C15H21ClN2O. The van der Waals surface area contributed by atoms with Gasteiger partial charge < -0.3 is 4.90 Å². The molecule has 1 saturated heterocycles. The topological polar surface area (TPSA) is 32.3 Å². The van der Waals surface area contributed by atoms with Crippen molar-refractivity contribution in [2.75, 3.05) is 6.54 Å². The molecule has 4 heteroatoms. The number of nitrogens with zero attached hydrogens (tertiary/aromatic N) is 1. The Bertz CT molecular complexity index is 432. The molecule has 19 heavy (non-hydrogen) atoms. The monoisotopic (exact) mass is 280 g/mol. The lowest BCUT2D eigenvalue weighted by atomic mass is 10.1. The Balaban J connectivity index is 2.12. The molecule has 2 rings (SSSR count). The summed E-state index contributed by atoms with van der Waals surface area (Å²) in [4.78, 5) is 14.1. The number of carbonyl (C=O) groups excluding carboxylic acids is 1. The number of hydrogen-bond acceptors (Lipinski definition) is 2. The van der Waals surface area contributed by atoms with Gasteiger partial charge >= 0.3 is 0 Å². The Labute approximate surface area is 119 Å². The molecule has 1 aromatic carbocycles. The quantitative estimate of drug-likeness (QED) is 0.839. The van der Waals surface area contributed by atoms with Gasteiger partial charge in [0.05, 0.1) is 6.04 Å². The van der Waals surface area contributed by atoms with Gasteiger partial charge in [-0.25, -0.2) is 0 Å². The van der Waals surface area contributed by atoms with E-state index >= 15 is 0 Å². The van der Waals surface area contributed by atoms with E-state index in [0.717, 1.165) is 36.4 Å². The smallest absolute Gasteiger partial charge is 0.241 e. The summed E-state index contributed by atoms with van der Waals surface area (Å²) >= 11 is 5.91. The number of nitrogens with one attached hydrogen (secondary N) is 1. The van der Waals surface area contributed by atoms with Crippen molar-refractivity contribution in [1.82, 2.24) is 10.2 Å². The molecule has 2 unspecified atom stereocenters. The van der Waals surface area contributed by atoms with E-state index in [9.17, 15) is 4.79 Å². The Morgan fingerprint density at radius 3 is 2.58 bits per heavy atom.